The van der Waals surface area contributed by atoms with Crippen LogP contribution in [0.4, 0.5) is 15.9 Å². The minimum absolute atomic E-state index is 0.0121. The van der Waals surface area contributed by atoms with Crippen molar-refractivity contribution in [3.05, 3.63) is 52.4 Å². The van der Waals surface area contributed by atoms with Gasteiger partial charge in [-0.3, -0.25) is 9.69 Å². The third-order valence-corrected chi connectivity index (χ3v) is 4.49. The van der Waals surface area contributed by atoms with Crippen LogP contribution in [0.5, 0.6) is 0 Å². The quantitative estimate of drug-likeness (QED) is 0.881. The van der Waals surface area contributed by atoms with Crippen molar-refractivity contribution in [2.24, 2.45) is 0 Å². The van der Waals surface area contributed by atoms with Crippen LogP contribution < -0.4 is 10.2 Å². The molecule has 1 amide bonds. The molecule has 1 aromatic carbocycles. The van der Waals surface area contributed by atoms with E-state index in [4.69, 9.17) is 23.2 Å². The molecule has 1 N–H and O–H groups in total. The summed E-state index contributed by atoms with van der Waals surface area (Å²) < 4.78 is 13.1. The molecule has 1 saturated heterocycles. The molecule has 2 heterocycles. The van der Waals surface area contributed by atoms with Crippen LogP contribution in [0.15, 0.2) is 36.5 Å². The molecule has 25 heavy (non-hydrogen) atoms. The van der Waals surface area contributed by atoms with Crippen molar-refractivity contribution in [2.75, 3.05) is 42.9 Å². The summed E-state index contributed by atoms with van der Waals surface area (Å²) in [4.78, 5) is 20.7. The van der Waals surface area contributed by atoms with Crippen molar-refractivity contribution in [1.82, 2.24) is 9.88 Å². The van der Waals surface area contributed by atoms with Crippen LogP contribution >= 0.6 is 23.2 Å². The number of aromatic nitrogens is 1. The van der Waals surface area contributed by atoms with E-state index in [0.29, 0.717) is 10.7 Å². The van der Waals surface area contributed by atoms with Gasteiger partial charge in [-0.25, -0.2) is 9.37 Å². The molecule has 0 radical (unpaired) electrons. The summed E-state index contributed by atoms with van der Waals surface area (Å²) in [6.45, 7) is 3.34. The topological polar surface area (TPSA) is 48.5 Å². The SMILES string of the molecule is O=C(CN1CCN(c2ccc(Cl)cn2)CC1)Nc1ccc(F)c(Cl)c1. The van der Waals surface area contributed by atoms with Gasteiger partial charge in [-0.1, -0.05) is 23.2 Å². The fraction of sp³-hybridized carbons (Fsp3) is 0.294. The monoisotopic (exact) mass is 382 g/mol. The van der Waals surface area contributed by atoms with Crippen molar-refractivity contribution in [3.8, 4) is 0 Å². The first kappa shape index (κ1) is 17.9. The summed E-state index contributed by atoms with van der Waals surface area (Å²) in [6, 6.07) is 7.83. The molecule has 1 aliphatic rings. The Balaban J connectivity index is 1.49. The summed E-state index contributed by atoms with van der Waals surface area (Å²) in [5, 5.41) is 3.33. The van der Waals surface area contributed by atoms with E-state index in [1.54, 1.807) is 6.20 Å². The van der Waals surface area contributed by atoms with Gasteiger partial charge in [0.1, 0.15) is 11.6 Å². The van der Waals surface area contributed by atoms with E-state index in [0.717, 1.165) is 32.0 Å². The van der Waals surface area contributed by atoms with Gasteiger partial charge in [0.05, 0.1) is 16.6 Å². The molecule has 3 rings (SSSR count). The van der Waals surface area contributed by atoms with E-state index in [9.17, 15) is 9.18 Å². The highest BCUT2D eigenvalue weighted by atomic mass is 35.5. The van der Waals surface area contributed by atoms with Gasteiger partial charge in [0.15, 0.2) is 0 Å². The summed E-state index contributed by atoms with van der Waals surface area (Å²) in [5.41, 5.74) is 0.486. The van der Waals surface area contributed by atoms with Gasteiger partial charge in [-0.15, -0.1) is 0 Å². The van der Waals surface area contributed by atoms with Gasteiger partial charge in [0.2, 0.25) is 5.91 Å². The third-order valence-electron chi connectivity index (χ3n) is 3.98. The fourth-order valence-electron chi connectivity index (χ4n) is 2.67. The minimum Gasteiger partial charge on any atom is -0.354 e. The summed E-state index contributed by atoms with van der Waals surface area (Å²) in [6.07, 6.45) is 1.63. The second kappa shape index (κ2) is 7.99. The Morgan fingerprint density at radius 2 is 1.92 bits per heavy atom. The summed E-state index contributed by atoms with van der Waals surface area (Å²) in [7, 11) is 0. The van der Waals surface area contributed by atoms with E-state index in [2.05, 4.69) is 20.1 Å². The molecular weight excluding hydrogens is 366 g/mol. The molecular formula is C17H17Cl2FN4O. The van der Waals surface area contributed by atoms with Gasteiger partial charge in [0, 0.05) is 38.1 Å². The largest absolute Gasteiger partial charge is 0.354 e. The molecule has 0 spiro atoms. The number of hydrogen-bond acceptors (Lipinski definition) is 4. The highest BCUT2D eigenvalue weighted by molar-refractivity contribution is 6.31. The number of benzene rings is 1. The van der Waals surface area contributed by atoms with E-state index >= 15 is 0 Å². The third kappa shape index (κ3) is 4.81. The molecule has 132 valence electrons. The highest BCUT2D eigenvalue weighted by Crippen LogP contribution is 2.19. The predicted molar refractivity (Wildman–Crippen MR) is 97.9 cm³/mol. The zero-order chi connectivity index (χ0) is 17.8. The zero-order valence-corrected chi connectivity index (χ0v) is 14.9. The Morgan fingerprint density at radius 3 is 2.56 bits per heavy atom. The van der Waals surface area contributed by atoms with E-state index < -0.39 is 5.82 Å². The standard InChI is InChI=1S/C17H17Cl2FN4O/c18-12-1-4-16(21-10-12)24-7-5-23(6-8-24)11-17(25)22-13-2-3-15(20)14(19)9-13/h1-4,9-10H,5-8,11H2,(H,22,25). The van der Waals surface area contributed by atoms with Crippen LogP contribution in [0.3, 0.4) is 0 Å². The number of piperazine rings is 1. The molecule has 0 saturated carbocycles. The molecule has 0 bridgehead atoms. The minimum atomic E-state index is -0.508. The van der Waals surface area contributed by atoms with Crippen molar-refractivity contribution in [1.29, 1.82) is 0 Å². The van der Waals surface area contributed by atoms with Crippen LogP contribution in [0.2, 0.25) is 10.0 Å². The molecule has 8 heteroatoms. The number of halogens is 3. The number of nitrogens with one attached hydrogen (secondary N) is 1. The maximum atomic E-state index is 13.1. The second-order valence-electron chi connectivity index (χ2n) is 5.77. The number of nitrogens with zero attached hydrogens (tertiary/aromatic N) is 3. The molecule has 1 aromatic heterocycles. The van der Waals surface area contributed by atoms with Crippen molar-refractivity contribution >= 4 is 40.6 Å². The number of carbonyl (C=O) groups is 1. The van der Waals surface area contributed by atoms with Crippen molar-refractivity contribution in [2.45, 2.75) is 0 Å². The summed E-state index contributed by atoms with van der Waals surface area (Å²) >= 11 is 11.6. The maximum Gasteiger partial charge on any atom is 0.238 e. The first-order valence-corrected chi connectivity index (χ1v) is 8.60. The number of amides is 1. The molecule has 0 atom stereocenters. The number of pyridine rings is 1. The lowest BCUT2D eigenvalue weighted by molar-refractivity contribution is -0.117. The van der Waals surface area contributed by atoms with Crippen LogP contribution in [0.1, 0.15) is 0 Å². The Bertz CT molecular complexity index is 749. The van der Waals surface area contributed by atoms with Gasteiger partial charge in [0.25, 0.3) is 0 Å². The molecule has 5 nitrogen and oxygen atoms in total. The lowest BCUT2D eigenvalue weighted by atomic mass is 10.3. The number of carbonyl (C=O) groups excluding carboxylic acids is 1. The Morgan fingerprint density at radius 1 is 1.16 bits per heavy atom. The Kier molecular flexibility index (Phi) is 5.73. The second-order valence-corrected chi connectivity index (χ2v) is 6.62. The van der Waals surface area contributed by atoms with Crippen LogP contribution in [-0.4, -0.2) is 48.5 Å². The van der Waals surface area contributed by atoms with Crippen LogP contribution in [0, 0.1) is 5.82 Å². The average Bonchev–Trinajstić information content (AvgIpc) is 2.60. The lowest BCUT2D eigenvalue weighted by Gasteiger charge is -2.35. The van der Waals surface area contributed by atoms with Gasteiger partial charge in [-0.2, -0.15) is 0 Å². The molecule has 1 aliphatic heterocycles. The van der Waals surface area contributed by atoms with Gasteiger partial charge < -0.3 is 10.2 Å². The Hall–Kier alpha value is -1.89. The van der Waals surface area contributed by atoms with E-state index in [1.165, 1.54) is 18.2 Å². The first-order chi connectivity index (χ1) is 12.0. The fourth-order valence-corrected chi connectivity index (χ4v) is 2.96. The number of rotatable bonds is 4. The molecule has 0 unspecified atom stereocenters. The smallest absolute Gasteiger partial charge is 0.238 e. The van der Waals surface area contributed by atoms with E-state index in [1.807, 2.05) is 12.1 Å². The molecule has 2 aromatic rings. The predicted octanol–water partition coefficient (Wildman–Crippen LogP) is 3.29. The number of anilines is 2. The van der Waals surface area contributed by atoms with Gasteiger partial charge >= 0.3 is 0 Å². The molecule has 0 aliphatic carbocycles. The van der Waals surface area contributed by atoms with Gasteiger partial charge in [-0.05, 0) is 30.3 Å². The van der Waals surface area contributed by atoms with Crippen molar-refractivity contribution < 1.29 is 9.18 Å². The van der Waals surface area contributed by atoms with Crippen LogP contribution in [-0.2, 0) is 4.79 Å². The highest BCUT2D eigenvalue weighted by Gasteiger charge is 2.20. The number of hydrogen-bond donors (Lipinski definition) is 1. The average molecular weight is 383 g/mol. The molecule has 1 fully saturated rings. The zero-order valence-electron chi connectivity index (χ0n) is 13.4. The summed E-state index contributed by atoms with van der Waals surface area (Å²) in [5.74, 6) is 0.224. The van der Waals surface area contributed by atoms with Crippen LogP contribution in [0.25, 0.3) is 0 Å². The normalized spacial score (nSPS) is 15.2. The first-order valence-electron chi connectivity index (χ1n) is 7.85. The lowest BCUT2D eigenvalue weighted by Crippen LogP contribution is -2.48. The van der Waals surface area contributed by atoms with E-state index in [-0.39, 0.29) is 17.5 Å². The maximum absolute atomic E-state index is 13.1. The van der Waals surface area contributed by atoms with Crippen molar-refractivity contribution in [3.63, 3.8) is 0 Å². The Labute approximate surface area is 155 Å².